The Morgan fingerprint density at radius 1 is 1.13 bits per heavy atom. The zero-order valence-electron chi connectivity index (χ0n) is 17.6. The third kappa shape index (κ3) is 3.67. The van der Waals surface area contributed by atoms with Crippen LogP contribution in [0.2, 0.25) is 0 Å². The van der Waals surface area contributed by atoms with Crippen molar-refractivity contribution < 1.29 is 9.59 Å². The summed E-state index contributed by atoms with van der Waals surface area (Å²) < 4.78 is 1.67. The maximum absolute atomic E-state index is 13.9. The molecule has 5 rings (SSSR count). The molecule has 3 heterocycles. The van der Waals surface area contributed by atoms with Crippen LogP contribution in [-0.2, 0) is 23.1 Å². The SMILES string of the molecule is Cn1ccc(N(C(=O)Cc2cccs2)C2C(=O)N(C3CCCCC3)c3ccccc32)n1. The van der Waals surface area contributed by atoms with Gasteiger partial charge in [0, 0.05) is 41.5 Å². The lowest BCUT2D eigenvalue weighted by Gasteiger charge is -2.33. The van der Waals surface area contributed by atoms with Gasteiger partial charge in [-0.3, -0.25) is 19.2 Å². The number of fused-ring (bicyclic) bond motifs is 1. The summed E-state index contributed by atoms with van der Waals surface area (Å²) >= 11 is 1.55. The van der Waals surface area contributed by atoms with Crippen LogP contribution in [0.15, 0.2) is 54.0 Å². The molecule has 160 valence electrons. The molecular formula is C24H26N4O2S. The molecule has 1 aromatic carbocycles. The fraction of sp³-hybridized carbons (Fsp3) is 0.375. The summed E-state index contributed by atoms with van der Waals surface area (Å²) in [5.74, 6) is 0.390. The second-order valence-corrected chi connectivity index (χ2v) is 9.36. The standard InChI is InChI=1S/C24H26N4O2S/c1-26-14-13-21(25-26)28(22(29)16-18-10-7-15-31-18)23-19-11-5-6-12-20(19)27(24(23)30)17-8-3-2-4-9-17/h5-7,10-15,17,23H,2-4,8-9,16H2,1H3. The van der Waals surface area contributed by atoms with E-state index in [0.29, 0.717) is 5.82 Å². The molecule has 0 spiro atoms. The predicted molar refractivity (Wildman–Crippen MR) is 122 cm³/mol. The van der Waals surface area contributed by atoms with Gasteiger partial charge in [0.2, 0.25) is 5.91 Å². The first-order valence-corrected chi connectivity index (χ1v) is 11.8. The highest BCUT2D eigenvalue weighted by Gasteiger charge is 2.46. The molecule has 2 aliphatic rings. The Kier molecular flexibility index (Phi) is 5.36. The molecule has 0 bridgehead atoms. The molecule has 7 heteroatoms. The molecule has 1 saturated carbocycles. The molecule has 1 aliphatic heterocycles. The fourth-order valence-corrected chi connectivity index (χ4v) is 5.57. The number of anilines is 2. The number of carbonyl (C=O) groups is 2. The third-order valence-corrected chi connectivity index (χ3v) is 7.16. The lowest BCUT2D eigenvalue weighted by molar-refractivity contribution is -0.124. The van der Waals surface area contributed by atoms with Crippen LogP contribution >= 0.6 is 11.3 Å². The predicted octanol–water partition coefficient (Wildman–Crippen LogP) is 4.48. The average molecular weight is 435 g/mol. The van der Waals surface area contributed by atoms with E-state index in [1.165, 1.54) is 6.42 Å². The smallest absolute Gasteiger partial charge is 0.255 e. The highest BCUT2D eigenvalue weighted by atomic mass is 32.1. The van der Waals surface area contributed by atoms with E-state index >= 15 is 0 Å². The number of hydrogen-bond acceptors (Lipinski definition) is 4. The van der Waals surface area contributed by atoms with Gasteiger partial charge >= 0.3 is 0 Å². The van der Waals surface area contributed by atoms with Crippen molar-refractivity contribution in [2.24, 2.45) is 7.05 Å². The molecule has 0 radical (unpaired) electrons. The van der Waals surface area contributed by atoms with E-state index in [9.17, 15) is 9.59 Å². The normalized spacial score (nSPS) is 18.9. The van der Waals surface area contributed by atoms with Crippen molar-refractivity contribution in [3.8, 4) is 0 Å². The van der Waals surface area contributed by atoms with Crippen LogP contribution in [0.5, 0.6) is 0 Å². The van der Waals surface area contributed by atoms with Gasteiger partial charge in [0.15, 0.2) is 5.82 Å². The van der Waals surface area contributed by atoms with E-state index in [4.69, 9.17) is 0 Å². The highest BCUT2D eigenvalue weighted by Crippen LogP contribution is 2.44. The Balaban J connectivity index is 1.56. The zero-order chi connectivity index (χ0) is 21.4. The average Bonchev–Trinajstić information content (AvgIpc) is 3.50. The molecule has 0 saturated heterocycles. The number of benzene rings is 1. The number of aryl methyl sites for hydroxylation is 1. The fourth-order valence-electron chi connectivity index (χ4n) is 4.87. The molecule has 31 heavy (non-hydrogen) atoms. The van der Waals surface area contributed by atoms with Crippen LogP contribution in [0.25, 0.3) is 0 Å². The van der Waals surface area contributed by atoms with Gasteiger partial charge in [0.25, 0.3) is 5.91 Å². The largest absolute Gasteiger partial charge is 0.307 e. The topological polar surface area (TPSA) is 58.4 Å². The number of rotatable bonds is 5. The summed E-state index contributed by atoms with van der Waals surface area (Å²) in [6.45, 7) is 0. The monoisotopic (exact) mass is 434 g/mol. The van der Waals surface area contributed by atoms with Gasteiger partial charge < -0.3 is 4.90 Å². The van der Waals surface area contributed by atoms with Crippen LogP contribution in [0.4, 0.5) is 11.5 Å². The minimum Gasteiger partial charge on any atom is -0.307 e. The first kappa shape index (κ1) is 20.0. The Labute approximate surface area is 186 Å². The lowest BCUT2D eigenvalue weighted by atomic mass is 9.94. The van der Waals surface area contributed by atoms with Crippen LogP contribution in [0.1, 0.15) is 48.6 Å². The Hall–Kier alpha value is -2.93. The molecule has 1 unspecified atom stereocenters. The molecular weight excluding hydrogens is 408 g/mol. The molecule has 1 atom stereocenters. The summed E-state index contributed by atoms with van der Waals surface area (Å²) in [5.41, 5.74) is 1.83. The van der Waals surface area contributed by atoms with Crippen molar-refractivity contribution in [2.45, 2.75) is 50.6 Å². The van der Waals surface area contributed by atoms with Crippen LogP contribution in [0, 0.1) is 0 Å². The van der Waals surface area contributed by atoms with Crippen LogP contribution < -0.4 is 9.80 Å². The Morgan fingerprint density at radius 3 is 2.65 bits per heavy atom. The first-order valence-electron chi connectivity index (χ1n) is 10.9. The summed E-state index contributed by atoms with van der Waals surface area (Å²) in [5, 5.41) is 6.47. The second-order valence-electron chi connectivity index (χ2n) is 8.33. The second kappa shape index (κ2) is 8.30. The van der Waals surface area contributed by atoms with Gasteiger partial charge in [-0.05, 0) is 30.4 Å². The van der Waals surface area contributed by atoms with E-state index < -0.39 is 6.04 Å². The summed E-state index contributed by atoms with van der Waals surface area (Å²) in [6.07, 6.45) is 7.60. The molecule has 2 aromatic heterocycles. The summed E-state index contributed by atoms with van der Waals surface area (Å²) in [4.78, 5) is 32.0. The van der Waals surface area contributed by atoms with Gasteiger partial charge in [-0.15, -0.1) is 11.3 Å². The van der Waals surface area contributed by atoms with Gasteiger partial charge in [-0.2, -0.15) is 5.10 Å². The first-order chi connectivity index (χ1) is 15.1. The Bertz CT molecular complexity index is 1080. The number of carbonyl (C=O) groups excluding carboxylic acids is 2. The zero-order valence-corrected chi connectivity index (χ0v) is 18.4. The number of thiophene rings is 1. The van der Waals surface area contributed by atoms with E-state index in [1.54, 1.807) is 20.9 Å². The van der Waals surface area contributed by atoms with Gasteiger partial charge in [-0.25, -0.2) is 0 Å². The van der Waals surface area contributed by atoms with Crippen LogP contribution in [0.3, 0.4) is 0 Å². The third-order valence-electron chi connectivity index (χ3n) is 6.28. The molecule has 1 fully saturated rings. The quantitative estimate of drug-likeness (QED) is 0.595. The minimum atomic E-state index is -0.680. The van der Waals surface area contributed by atoms with Gasteiger partial charge in [-0.1, -0.05) is 43.5 Å². The number of para-hydroxylation sites is 1. The molecule has 2 amide bonds. The Morgan fingerprint density at radius 2 is 1.94 bits per heavy atom. The van der Waals surface area contributed by atoms with E-state index in [2.05, 4.69) is 5.10 Å². The summed E-state index contributed by atoms with van der Waals surface area (Å²) in [7, 11) is 1.82. The number of aromatic nitrogens is 2. The number of amides is 2. The lowest BCUT2D eigenvalue weighted by Crippen LogP contribution is -2.46. The maximum Gasteiger partial charge on any atom is 0.255 e. The van der Waals surface area contributed by atoms with Crippen molar-refractivity contribution in [1.82, 2.24) is 9.78 Å². The number of hydrogen-bond donors (Lipinski definition) is 0. The molecule has 3 aromatic rings. The van der Waals surface area contributed by atoms with Crippen molar-refractivity contribution in [1.29, 1.82) is 0 Å². The highest BCUT2D eigenvalue weighted by molar-refractivity contribution is 7.10. The van der Waals surface area contributed by atoms with Crippen LogP contribution in [-0.4, -0.2) is 27.6 Å². The van der Waals surface area contributed by atoms with Crippen molar-refractivity contribution >= 4 is 34.7 Å². The number of nitrogens with zero attached hydrogens (tertiary/aromatic N) is 4. The van der Waals surface area contributed by atoms with Crippen molar-refractivity contribution in [3.05, 3.63) is 64.5 Å². The molecule has 6 nitrogen and oxygen atoms in total. The summed E-state index contributed by atoms with van der Waals surface area (Å²) in [6, 6.07) is 13.2. The van der Waals surface area contributed by atoms with E-state index in [0.717, 1.165) is 41.8 Å². The molecule has 1 aliphatic carbocycles. The van der Waals surface area contributed by atoms with E-state index in [1.807, 2.05) is 66.0 Å². The van der Waals surface area contributed by atoms with Gasteiger partial charge in [0.1, 0.15) is 6.04 Å². The maximum atomic E-state index is 13.9. The minimum absolute atomic E-state index is 0.0155. The molecule has 0 N–H and O–H groups in total. The van der Waals surface area contributed by atoms with Crippen molar-refractivity contribution in [2.75, 3.05) is 9.80 Å². The van der Waals surface area contributed by atoms with Crippen molar-refractivity contribution in [3.63, 3.8) is 0 Å². The van der Waals surface area contributed by atoms with Gasteiger partial charge in [0.05, 0.1) is 6.42 Å². The van der Waals surface area contributed by atoms with E-state index in [-0.39, 0.29) is 24.3 Å².